The van der Waals surface area contributed by atoms with Crippen molar-refractivity contribution in [1.29, 1.82) is 0 Å². The highest BCUT2D eigenvalue weighted by Crippen LogP contribution is 2.27. The smallest absolute Gasteiger partial charge is 0.382 e. The second kappa shape index (κ2) is 6.22. The Kier molecular flexibility index (Phi) is 3.90. The molecular formula is C18H17N3O4. The van der Waals surface area contributed by atoms with Gasteiger partial charge in [-0.05, 0) is 37.8 Å². The average Bonchev–Trinajstić information content (AvgIpc) is 3.03. The number of pyridine rings is 1. The molecule has 0 unspecified atom stereocenters. The molecule has 7 heteroatoms. The molecule has 3 aliphatic heterocycles. The van der Waals surface area contributed by atoms with Crippen LogP contribution in [0, 0.1) is 17.8 Å². The van der Waals surface area contributed by atoms with Gasteiger partial charge in [0.05, 0.1) is 0 Å². The van der Waals surface area contributed by atoms with Gasteiger partial charge in [0.2, 0.25) is 0 Å². The fraction of sp³-hybridized carbons (Fsp3) is 0.389. The molecule has 3 fully saturated rings. The number of hydrogen-bond donors (Lipinski definition) is 2. The predicted molar refractivity (Wildman–Crippen MR) is 88.9 cm³/mol. The zero-order chi connectivity index (χ0) is 17.4. The Labute approximate surface area is 144 Å². The monoisotopic (exact) mass is 339 g/mol. The molecule has 5 rings (SSSR count). The van der Waals surface area contributed by atoms with Crippen molar-refractivity contribution >= 4 is 22.8 Å². The zero-order valence-electron chi connectivity index (χ0n) is 13.5. The van der Waals surface area contributed by atoms with Crippen LogP contribution in [0.2, 0.25) is 0 Å². The van der Waals surface area contributed by atoms with Gasteiger partial charge in [0.1, 0.15) is 11.3 Å². The first kappa shape index (κ1) is 15.7. The molecule has 7 nitrogen and oxygen atoms in total. The Morgan fingerprint density at radius 1 is 1.32 bits per heavy atom. The van der Waals surface area contributed by atoms with E-state index in [1.165, 1.54) is 6.20 Å². The van der Waals surface area contributed by atoms with E-state index < -0.39 is 5.97 Å². The fourth-order valence-electron chi connectivity index (χ4n) is 3.61. The number of nitrogens with zero attached hydrogens (tertiary/aromatic N) is 2. The first-order chi connectivity index (χ1) is 12.1. The van der Waals surface area contributed by atoms with E-state index in [0.717, 1.165) is 32.5 Å². The van der Waals surface area contributed by atoms with Gasteiger partial charge in [-0.3, -0.25) is 9.78 Å². The molecule has 0 aromatic carbocycles. The lowest BCUT2D eigenvalue weighted by atomic mass is 9.84. The van der Waals surface area contributed by atoms with Crippen molar-refractivity contribution in [1.82, 2.24) is 15.2 Å². The van der Waals surface area contributed by atoms with E-state index in [0.29, 0.717) is 16.9 Å². The minimum Gasteiger partial charge on any atom is -0.472 e. The van der Waals surface area contributed by atoms with Gasteiger partial charge >= 0.3 is 5.97 Å². The van der Waals surface area contributed by atoms with Crippen molar-refractivity contribution in [3.05, 3.63) is 29.8 Å². The molecule has 0 aliphatic carbocycles. The van der Waals surface area contributed by atoms with Gasteiger partial charge in [-0.2, -0.15) is 0 Å². The van der Waals surface area contributed by atoms with Gasteiger partial charge in [0, 0.05) is 42.2 Å². The van der Waals surface area contributed by atoms with Crippen LogP contribution in [-0.2, 0) is 4.79 Å². The Bertz CT molecular complexity index is 900. The van der Waals surface area contributed by atoms with Crippen molar-refractivity contribution in [3.63, 3.8) is 0 Å². The summed E-state index contributed by atoms with van der Waals surface area (Å²) in [6.45, 7) is 3.13. The highest BCUT2D eigenvalue weighted by Gasteiger charge is 2.35. The number of hydrogen-bond acceptors (Lipinski definition) is 5. The van der Waals surface area contributed by atoms with E-state index in [4.69, 9.17) is 9.52 Å². The van der Waals surface area contributed by atoms with Crippen molar-refractivity contribution in [2.75, 3.05) is 19.6 Å². The summed E-state index contributed by atoms with van der Waals surface area (Å²) in [7, 11) is 0. The van der Waals surface area contributed by atoms with E-state index in [-0.39, 0.29) is 23.4 Å². The molecule has 1 amide bonds. The van der Waals surface area contributed by atoms with Crippen LogP contribution >= 0.6 is 0 Å². The van der Waals surface area contributed by atoms with Gasteiger partial charge in [-0.15, -0.1) is 0 Å². The quantitative estimate of drug-likeness (QED) is 0.795. The number of carbonyl (C=O) groups is 2. The number of aromatic nitrogens is 1. The molecule has 2 bridgehead atoms. The number of nitrogens with one attached hydrogen (secondary N) is 1. The number of rotatable bonds is 2. The van der Waals surface area contributed by atoms with Gasteiger partial charge in [0.15, 0.2) is 5.76 Å². The highest BCUT2D eigenvalue weighted by atomic mass is 16.4. The molecule has 1 atom stereocenters. The molecule has 5 heterocycles. The summed E-state index contributed by atoms with van der Waals surface area (Å²) in [6, 6.07) is 3.34. The minimum absolute atomic E-state index is 0.168. The number of aliphatic carboxylic acids is 1. The van der Waals surface area contributed by atoms with Crippen LogP contribution in [0.5, 0.6) is 0 Å². The summed E-state index contributed by atoms with van der Waals surface area (Å²) in [6.07, 6.45) is 3.79. The van der Waals surface area contributed by atoms with Gasteiger partial charge < -0.3 is 19.7 Å². The molecule has 0 spiro atoms. The van der Waals surface area contributed by atoms with E-state index >= 15 is 0 Å². The molecular weight excluding hydrogens is 322 g/mol. The Hall–Kier alpha value is -2.85. The zero-order valence-corrected chi connectivity index (χ0v) is 13.5. The van der Waals surface area contributed by atoms with E-state index in [1.54, 1.807) is 12.1 Å². The fourth-order valence-corrected chi connectivity index (χ4v) is 3.61. The van der Waals surface area contributed by atoms with Crippen molar-refractivity contribution in [2.24, 2.45) is 5.92 Å². The average molecular weight is 339 g/mol. The normalized spacial score (nSPS) is 24.6. The van der Waals surface area contributed by atoms with Crippen LogP contribution < -0.4 is 5.32 Å². The SMILES string of the molecule is O=C(O)C#Cc1cc2cnc(C(=O)N[C@H]3CN4CCC3CC4)cc2o1. The lowest BCUT2D eigenvalue weighted by molar-refractivity contribution is -0.130. The van der Waals surface area contributed by atoms with Crippen LogP contribution in [-0.4, -0.2) is 52.5 Å². The summed E-state index contributed by atoms with van der Waals surface area (Å²) >= 11 is 0. The molecule has 3 saturated heterocycles. The Morgan fingerprint density at radius 3 is 2.80 bits per heavy atom. The number of carboxylic acids is 1. The van der Waals surface area contributed by atoms with Crippen molar-refractivity contribution in [3.8, 4) is 11.8 Å². The lowest BCUT2D eigenvalue weighted by Crippen LogP contribution is -2.57. The topological polar surface area (TPSA) is 95.7 Å². The van der Waals surface area contributed by atoms with E-state index in [9.17, 15) is 9.59 Å². The summed E-state index contributed by atoms with van der Waals surface area (Å²) in [5.41, 5.74) is 0.750. The maximum absolute atomic E-state index is 12.5. The summed E-state index contributed by atoms with van der Waals surface area (Å²) < 4.78 is 5.48. The Morgan fingerprint density at radius 2 is 2.12 bits per heavy atom. The molecule has 25 heavy (non-hydrogen) atoms. The summed E-state index contributed by atoms with van der Waals surface area (Å²) in [5.74, 6) is 3.75. The van der Waals surface area contributed by atoms with Crippen LogP contribution in [0.3, 0.4) is 0 Å². The molecule has 3 aliphatic rings. The number of furan rings is 1. The molecule has 2 aromatic rings. The summed E-state index contributed by atoms with van der Waals surface area (Å²) in [4.78, 5) is 29.6. The van der Waals surface area contributed by atoms with Gasteiger partial charge in [-0.25, -0.2) is 4.79 Å². The van der Waals surface area contributed by atoms with Crippen molar-refractivity contribution < 1.29 is 19.1 Å². The number of fused-ring (bicyclic) bond motifs is 4. The van der Waals surface area contributed by atoms with Gasteiger partial charge in [0.25, 0.3) is 5.91 Å². The van der Waals surface area contributed by atoms with Crippen LogP contribution in [0.15, 0.2) is 22.7 Å². The third kappa shape index (κ3) is 3.21. The molecule has 0 saturated carbocycles. The predicted octanol–water partition coefficient (Wildman–Crippen LogP) is 1.09. The number of amides is 1. The van der Waals surface area contributed by atoms with E-state index in [2.05, 4.69) is 21.1 Å². The second-order valence-corrected chi connectivity index (χ2v) is 6.49. The largest absolute Gasteiger partial charge is 0.472 e. The molecule has 128 valence electrons. The van der Waals surface area contributed by atoms with Crippen LogP contribution in [0.1, 0.15) is 29.1 Å². The number of carbonyl (C=O) groups excluding carboxylic acids is 1. The lowest BCUT2D eigenvalue weighted by Gasteiger charge is -2.44. The standard InChI is InChI=1S/C18H17N3O4/c22-17(23)2-1-13-7-12-9-19-14(8-16(12)25-13)18(24)20-15-10-21-5-3-11(15)4-6-21/h7-9,11,15H,3-6,10H2,(H,20,24)(H,22,23)/t15-/m0/s1. The van der Waals surface area contributed by atoms with Crippen molar-refractivity contribution in [2.45, 2.75) is 18.9 Å². The van der Waals surface area contributed by atoms with Crippen LogP contribution in [0.4, 0.5) is 0 Å². The molecule has 2 N–H and O–H groups in total. The minimum atomic E-state index is -1.23. The third-order valence-electron chi connectivity index (χ3n) is 4.90. The number of carboxylic acid groups (broad SMARTS) is 1. The summed E-state index contributed by atoms with van der Waals surface area (Å²) in [5, 5.41) is 12.3. The first-order valence-electron chi connectivity index (χ1n) is 8.26. The molecule has 0 radical (unpaired) electrons. The maximum atomic E-state index is 12.5. The van der Waals surface area contributed by atoms with E-state index in [1.807, 2.05) is 5.92 Å². The highest BCUT2D eigenvalue weighted by molar-refractivity contribution is 5.95. The molecule has 2 aromatic heterocycles. The van der Waals surface area contributed by atoms with Crippen LogP contribution in [0.25, 0.3) is 11.0 Å². The third-order valence-corrected chi connectivity index (χ3v) is 4.90. The number of piperidine rings is 3. The maximum Gasteiger partial charge on any atom is 0.382 e. The first-order valence-corrected chi connectivity index (χ1v) is 8.26. The second-order valence-electron chi connectivity index (χ2n) is 6.49. The van der Waals surface area contributed by atoms with Gasteiger partial charge in [-0.1, -0.05) is 0 Å². The Balaban J connectivity index is 1.52.